The maximum absolute atomic E-state index is 3.21. The SMILES string of the molecule is C[PH+](c1ccccc1[PH+](C)C(C)(C)C)C(C)(C)C.[C-]1=CCCC=CCC1.[CH3-].[Rh+2]. The first-order valence-corrected chi connectivity index (χ1v) is 14.0. The molecule has 0 amide bonds. The van der Waals surface area contributed by atoms with Crippen molar-refractivity contribution in [3.63, 3.8) is 0 Å². The predicted octanol–water partition coefficient (Wildman–Crippen LogP) is 7.15. The molecule has 0 fully saturated rings. The van der Waals surface area contributed by atoms with Crippen molar-refractivity contribution in [2.75, 3.05) is 13.3 Å². The first-order valence-electron chi connectivity index (χ1n) is 10.0. The van der Waals surface area contributed by atoms with Crippen LogP contribution < -0.4 is 10.6 Å². The summed E-state index contributed by atoms with van der Waals surface area (Å²) in [7, 11) is -0.982. The van der Waals surface area contributed by atoms with Crippen LogP contribution in [-0.2, 0) is 19.5 Å². The molecule has 1 aromatic rings. The number of allylic oxidation sites excluding steroid dienone is 4. The minimum absolute atomic E-state index is 0. The monoisotopic (exact) mass is 509 g/mol. The summed E-state index contributed by atoms with van der Waals surface area (Å²) in [5.41, 5.74) is 0. The molecule has 2 unspecified atom stereocenters. The van der Waals surface area contributed by atoms with E-state index in [9.17, 15) is 0 Å². The van der Waals surface area contributed by atoms with Gasteiger partial charge in [-0.15, -0.1) is 0 Å². The van der Waals surface area contributed by atoms with E-state index >= 15 is 0 Å². The molecule has 0 heterocycles. The van der Waals surface area contributed by atoms with E-state index in [0.717, 1.165) is 6.42 Å². The normalized spacial score (nSPS) is 16.3. The maximum atomic E-state index is 3.21. The Labute approximate surface area is 192 Å². The second-order valence-electron chi connectivity index (χ2n) is 9.29. The van der Waals surface area contributed by atoms with Gasteiger partial charge in [-0.1, -0.05) is 37.1 Å². The Morgan fingerprint density at radius 2 is 1.18 bits per heavy atom. The fourth-order valence-electron chi connectivity index (χ4n) is 2.73. The second-order valence-corrected chi connectivity index (χ2v) is 15.9. The van der Waals surface area contributed by atoms with Crippen molar-refractivity contribution in [1.29, 1.82) is 0 Å². The second kappa shape index (κ2) is 14.2. The quantitative estimate of drug-likeness (QED) is 0.172. The Hall–Kier alpha value is 0.183. The van der Waals surface area contributed by atoms with Gasteiger partial charge in [0.05, 0.1) is 23.6 Å². The van der Waals surface area contributed by atoms with Gasteiger partial charge in [0.15, 0.2) is 0 Å². The smallest absolute Gasteiger partial charge is 0.500 e. The third kappa shape index (κ3) is 10.8. The standard InChI is InChI=1S/C16H28P2.C8H11.CH3.Rh/c1-15(2,3)17(7)13-11-9-10-12-14(13)18(8)16(4,5)6;1-2-4-6-8-7-5-3-1;;/h9-12H,1-8H3;1-2,7H,3-6H2;1H3;/q;2*-1;+2/p+2. The number of rotatable bonds is 2. The van der Waals surface area contributed by atoms with Gasteiger partial charge in [-0.25, -0.2) is 0 Å². The van der Waals surface area contributed by atoms with Crippen LogP contribution in [0.25, 0.3) is 0 Å². The number of benzene rings is 1. The van der Waals surface area contributed by atoms with Gasteiger partial charge in [0, 0.05) is 15.8 Å². The molecule has 3 heteroatoms. The summed E-state index contributed by atoms with van der Waals surface area (Å²) in [6.45, 7) is 19.3. The Morgan fingerprint density at radius 1 is 0.750 bits per heavy atom. The molecule has 1 aromatic carbocycles. The minimum atomic E-state index is -0.491. The Kier molecular flexibility index (Phi) is 15.4. The van der Waals surface area contributed by atoms with Crippen molar-refractivity contribution in [2.24, 2.45) is 0 Å². The molecule has 0 saturated heterocycles. The first kappa shape index (κ1) is 30.4. The van der Waals surface area contributed by atoms with Gasteiger partial charge >= 0.3 is 19.5 Å². The van der Waals surface area contributed by atoms with Crippen LogP contribution in [0.2, 0.25) is 0 Å². The van der Waals surface area contributed by atoms with Crippen LogP contribution in [0.3, 0.4) is 0 Å². The molecular weight excluding hydrogens is 465 g/mol. The summed E-state index contributed by atoms with van der Waals surface area (Å²) < 4.78 is 0. The topological polar surface area (TPSA) is 0 Å². The van der Waals surface area contributed by atoms with Gasteiger partial charge in [0.1, 0.15) is 10.6 Å². The summed E-state index contributed by atoms with van der Waals surface area (Å²) in [5.74, 6) is 0. The summed E-state index contributed by atoms with van der Waals surface area (Å²) in [6.07, 6.45) is 14.5. The fraction of sp³-hybridized carbons (Fsp3) is 0.560. The third-order valence-corrected chi connectivity index (χ3v) is 12.5. The van der Waals surface area contributed by atoms with Crippen molar-refractivity contribution < 1.29 is 19.5 Å². The van der Waals surface area contributed by atoms with Crippen molar-refractivity contribution in [3.8, 4) is 0 Å². The van der Waals surface area contributed by atoms with Crippen LogP contribution in [-0.4, -0.2) is 23.6 Å². The number of hydrogen-bond acceptors (Lipinski definition) is 0. The Morgan fingerprint density at radius 3 is 1.61 bits per heavy atom. The van der Waals surface area contributed by atoms with Crippen LogP contribution >= 0.6 is 15.8 Å². The van der Waals surface area contributed by atoms with Gasteiger partial charge in [0.25, 0.3) is 0 Å². The third-order valence-electron chi connectivity index (χ3n) is 5.23. The van der Waals surface area contributed by atoms with Gasteiger partial charge in [-0.05, 0) is 60.1 Å². The van der Waals surface area contributed by atoms with Gasteiger partial charge in [0.2, 0.25) is 0 Å². The molecule has 0 bridgehead atoms. The van der Waals surface area contributed by atoms with E-state index in [-0.39, 0.29) is 26.9 Å². The first-order chi connectivity index (χ1) is 12.0. The zero-order valence-corrected chi connectivity index (χ0v) is 23.3. The van der Waals surface area contributed by atoms with E-state index < -0.39 is 15.8 Å². The zero-order valence-electron chi connectivity index (χ0n) is 19.7. The molecule has 28 heavy (non-hydrogen) atoms. The Balaban J connectivity index is 0. The van der Waals surface area contributed by atoms with Crippen LogP contribution in [0.5, 0.6) is 0 Å². The molecular formula is C25H44P2Rh+2. The fourth-order valence-corrected chi connectivity index (χ4v) is 7.14. The molecule has 161 valence electrons. The van der Waals surface area contributed by atoms with E-state index in [1.54, 1.807) is 10.6 Å². The van der Waals surface area contributed by atoms with Gasteiger partial charge < -0.3 is 13.5 Å². The minimum Gasteiger partial charge on any atom is -0.500 e. The Bertz CT molecular complexity index is 526. The van der Waals surface area contributed by atoms with Crippen molar-refractivity contribution in [1.82, 2.24) is 0 Å². The molecule has 0 aliphatic heterocycles. The molecule has 0 nitrogen and oxygen atoms in total. The average molecular weight is 509 g/mol. The molecule has 1 radical (unpaired) electrons. The van der Waals surface area contributed by atoms with Crippen LogP contribution in [0, 0.1) is 13.5 Å². The van der Waals surface area contributed by atoms with E-state index in [1.807, 2.05) is 0 Å². The van der Waals surface area contributed by atoms with Gasteiger partial charge in [-0.2, -0.15) is 6.42 Å². The van der Waals surface area contributed by atoms with Crippen LogP contribution in [0.15, 0.2) is 42.5 Å². The van der Waals surface area contributed by atoms with Crippen molar-refractivity contribution >= 4 is 26.5 Å². The average Bonchev–Trinajstić information content (AvgIpc) is 2.51. The predicted molar refractivity (Wildman–Crippen MR) is 136 cm³/mol. The molecule has 0 saturated carbocycles. The van der Waals surface area contributed by atoms with Crippen LogP contribution in [0.1, 0.15) is 67.2 Å². The molecule has 0 aromatic heterocycles. The van der Waals surface area contributed by atoms with Crippen LogP contribution in [0.4, 0.5) is 0 Å². The molecule has 2 rings (SSSR count). The van der Waals surface area contributed by atoms with Crippen molar-refractivity contribution in [2.45, 2.75) is 77.5 Å². The van der Waals surface area contributed by atoms with Crippen molar-refractivity contribution in [3.05, 3.63) is 56.0 Å². The summed E-state index contributed by atoms with van der Waals surface area (Å²) in [4.78, 5) is 0. The van der Waals surface area contributed by atoms with E-state index in [0.29, 0.717) is 10.3 Å². The summed E-state index contributed by atoms with van der Waals surface area (Å²) >= 11 is 0. The zero-order chi connectivity index (χ0) is 19.8. The van der Waals surface area contributed by atoms with E-state index in [4.69, 9.17) is 0 Å². The molecule has 2 atom stereocenters. The van der Waals surface area contributed by atoms with E-state index in [2.05, 4.69) is 103 Å². The molecule has 0 spiro atoms. The molecule has 1 aliphatic carbocycles. The maximum Gasteiger partial charge on any atom is 2.00 e. The molecule has 0 N–H and O–H groups in total. The summed E-state index contributed by atoms with van der Waals surface area (Å²) in [6, 6.07) is 9.21. The summed E-state index contributed by atoms with van der Waals surface area (Å²) in [5, 5.41) is 4.20. The number of hydrogen-bond donors (Lipinski definition) is 0. The molecule has 1 aliphatic rings. The van der Waals surface area contributed by atoms with E-state index in [1.165, 1.54) is 19.3 Å². The largest absolute Gasteiger partial charge is 2.00 e. The van der Waals surface area contributed by atoms with Gasteiger partial charge in [-0.3, -0.25) is 6.08 Å².